The molecule has 0 bridgehead atoms. The van der Waals surface area contributed by atoms with Crippen LogP contribution in [-0.4, -0.2) is 67.3 Å². The summed E-state index contributed by atoms with van der Waals surface area (Å²) in [6.07, 6.45) is -1.04. The Hall–Kier alpha value is -2.85. The van der Waals surface area contributed by atoms with Crippen LogP contribution in [0.25, 0.3) is 0 Å². The summed E-state index contributed by atoms with van der Waals surface area (Å²) >= 11 is 0. The average Bonchev–Trinajstić information content (AvgIpc) is 2.66. The van der Waals surface area contributed by atoms with E-state index < -0.39 is 54.1 Å². The van der Waals surface area contributed by atoms with Crippen LogP contribution < -0.4 is 15.9 Å². The SMILES string of the molecule is [2H]N(C(=O)CNC(=O)OC(C)(C)C)[C@@H](C)C(=O)N[C@@H](CCC(=O)OCC)C(=O)OCC. The summed E-state index contributed by atoms with van der Waals surface area (Å²) in [6, 6.07) is -2.44. The molecular weight excluding hydrogens is 398 g/mol. The van der Waals surface area contributed by atoms with Gasteiger partial charge < -0.3 is 30.2 Å². The van der Waals surface area contributed by atoms with Gasteiger partial charge in [0.2, 0.25) is 11.8 Å². The Labute approximate surface area is 178 Å². The van der Waals surface area contributed by atoms with E-state index in [2.05, 4.69) is 10.6 Å². The van der Waals surface area contributed by atoms with Crippen LogP contribution in [-0.2, 0) is 33.4 Å². The molecule has 0 aliphatic rings. The van der Waals surface area contributed by atoms with E-state index in [0.717, 1.165) is 0 Å². The molecule has 0 aromatic heterocycles. The van der Waals surface area contributed by atoms with E-state index in [1.807, 2.05) is 0 Å². The number of alkyl carbamates (subject to hydrolysis) is 1. The minimum atomic E-state index is -1.28. The molecule has 0 aliphatic heterocycles. The van der Waals surface area contributed by atoms with Crippen molar-refractivity contribution in [3.63, 3.8) is 0 Å². The van der Waals surface area contributed by atoms with Gasteiger partial charge in [0.05, 0.1) is 13.2 Å². The van der Waals surface area contributed by atoms with Crippen LogP contribution in [0.3, 0.4) is 0 Å². The first-order valence-corrected chi connectivity index (χ1v) is 9.72. The molecule has 3 amide bonds. The number of hydrogen-bond donors (Lipinski definition) is 3. The van der Waals surface area contributed by atoms with Gasteiger partial charge in [-0.1, -0.05) is 0 Å². The molecule has 172 valence electrons. The lowest BCUT2D eigenvalue weighted by atomic mass is 10.1. The normalized spacial score (nSPS) is 13.2. The number of nitrogens with one attached hydrogen (secondary N) is 3. The fraction of sp³-hybridized carbons (Fsp3) is 0.737. The summed E-state index contributed by atoms with van der Waals surface area (Å²) in [5.74, 6) is -2.96. The van der Waals surface area contributed by atoms with Crippen LogP contribution in [0.15, 0.2) is 0 Å². The third-order valence-electron chi connectivity index (χ3n) is 3.33. The Morgan fingerprint density at radius 2 is 1.63 bits per heavy atom. The van der Waals surface area contributed by atoms with E-state index >= 15 is 0 Å². The zero-order valence-electron chi connectivity index (χ0n) is 19.4. The zero-order valence-corrected chi connectivity index (χ0v) is 18.4. The molecular formula is C19H33N3O8. The molecule has 0 heterocycles. The van der Waals surface area contributed by atoms with Gasteiger partial charge in [-0.3, -0.25) is 14.4 Å². The lowest BCUT2D eigenvalue weighted by Gasteiger charge is -2.21. The van der Waals surface area contributed by atoms with Crippen LogP contribution >= 0.6 is 0 Å². The van der Waals surface area contributed by atoms with Crippen molar-refractivity contribution in [3.8, 4) is 0 Å². The topological polar surface area (TPSA) is 149 Å². The van der Waals surface area contributed by atoms with Gasteiger partial charge in [0.15, 0.2) is 1.41 Å². The third-order valence-corrected chi connectivity index (χ3v) is 3.33. The summed E-state index contributed by atoms with van der Waals surface area (Å²) in [5, 5.41) is 4.96. The summed E-state index contributed by atoms with van der Waals surface area (Å²) < 4.78 is 22.5. The minimum absolute atomic E-state index is 0.0672. The highest BCUT2D eigenvalue weighted by Gasteiger charge is 2.26. The first-order valence-electron chi connectivity index (χ1n) is 10.2. The van der Waals surface area contributed by atoms with Gasteiger partial charge in [-0.15, -0.1) is 0 Å². The maximum absolute atomic E-state index is 12.4. The molecule has 3 N–H and O–H groups in total. The number of carbonyl (C=O) groups excluding carboxylic acids is 5. The van der Waals surface area contributed by atoms with E-state index in [1.165, 1.54) is 6.92 Å². The monoisotopic (exact) mass is 432 g/mol. The quantitative estimate of drug-likeness (QED) is 0.314. The average molecular weight is 432 g/mol. The summed E-state index contributed by atoms with van der Waals surface area (Å²) in [5.41, 5.74) is -0.757. The van der Waals surface area contributed by atoms with Crippen molar-refractivity contribution in [2.24, 2.45) is 0 Å². The lowest BCUT2D eigenvalue weighted by molar-refractivity contribution is -0.149. The fourth-order valence-electron chi connectivity index (χ4n) is 2.06. The third kappa shape index (κ3) is 12.6. The molecule has 0 aromatic carbocycles. The summed E-state index contributed by atoms with van der Waals surface area (Å²) in [6.45, 7) is 9.16. The molecule has 0 radical (unpaired) electrons. The largest absolute Gasteiger partial charge is 0.466 e. The van der Waals surface area contributed by atoms with Gasteiger partial charge in [-0.05, 0) is 48.0 Å². The standard InChI is InChI=1S/C19H33N3O8/c1-7-28-15(24)10-9-13(17(26)29-8-2)22-16(25)12(3)21-14(23)11-20-18(27)30-19(4,5)6/h12-13H,7-11H2,1-6H3,(H,20,27)(H,21,23)(H,22,25)/t12-,13-/m0/s1/i/hD. The van der Waals surface area contributed by atoms with Gasteiger partial charge in [-0.25, -0.2) is 9.59 Å². The summed E-state index contributed by atoms with van der Waals surface area (Å²) in [4.78, 5) is 59.8. The molecule has 0 aromatic rings. The Morgan fingerprint density at radius 3 is 2.17 bits per heavy atom. The maximum Gasteiger partial charge on any atom is 0.408 e. The highest BCUT2D eigenvalue weighted by Crippen LogP contribution is 2.06. The first-order chi connectivity index (χ1) is 14.3. The van der Waals surface area contributed by atoms with Gasteiger partial charge in [0.25, 0.3) is 0 Å². The van der Waals surface area contributed by atoms with Crippen molar-refractivity contribution in [2.45, 2.75) is 72.1 Å². The summed E-state index contributed by atoms with van der Waals surface area (Å²) in [7, 11) is 0. The number of ether oxygens (including phenoxy) is 3. The Balaban J connectivity index is 4.88. The van der Waals surface area contributed by atoms with E-state index in [-0.39, 0.29) is 26.1 Å². The maximum atomic E-state index is 12.4. The van der Waals surface area contributed by atoms with Crippen LogP contribution in [0, 0.1) is 0 Å². The predicted molar refractivity (Wildman–Crippen MR) is 106 cm³/mol. The van der Waals surface area contributed by atoms with E-state index in [4.69, 9.17) is 15.6 Å². The molecule has 2 atom stereocenters. The van der Waals surface area contributed by atoms with Crippen molar-refractivity contribution in [1.82, 2.24) is 15.9 Å². The smallest absolute Gasteiger partial charge is 0.408 e. The molecule has 0 fully saturated rings. The molecule has 0 spiro atoms. The fourth-order valence-corrected chi connectivity index (χ4v) is 2.06. The van der Waals surface area contributed by atoms with E-state index in [9.17, 15) is 24.0 Å². The second-order valence-corrected chi connectivity index (χ2v) is 7.21. The van der Waals surface area contributed by atoms with Gasteiger partial charge in [-0.2, -0.15) is 0 Å². The minimum Gasteiger partial charge on any atom is -0.466 e. The van der Waals surface area contributed by atoms with Crippen molar-refractivity contribution in [1.29, 1.82) is 0 Å². The van der Waals surface area contributed by atoms with Crippen LogP contribution in [0.1, 0.15) is 54.4 Å². The van der Waals surface area contributed by atoms with E-state index in [1.54, 1.807) is 34.6 Å². The highest BCUT2D eigenvalue weighted by molar-refractivity contribution is 5.91. The number of rotatable bonds is 11. The number of carbonyl (C=O) groups is 5. The molecule has 0 saturated heterocycles. The zero-order chi connectivity index (χ0) is 24.2. The second kappa shape index (κ2) is 13.4. The Morgan fingerprint density at radius 1 is 1.03 bits per heavy atom. The molecule has 30 heavy (non-hydrogen) atoms. The molecule has 0 unspecified atom stereocenters. The van der Waals surface area contributed by atoms with Crippen LogP contribution in [0.4, 0.5) is 4.79 Å². The lowest BCUT2D eigenvalue weighted by Crippen LogP contribution is -2.52. The number of amides is 3. The van der Waals surface area contributed by atoms with E-state index in [0.29, 0.717) is 5.31 Å². The van der Waals surface area contributed by atoms with Gasteiger partial charge in [0.1, 0.15) is 24.2 Å². The van der Waals surface area contributed by atoms with Gasteiger partial charge >= 0.3 is 18.0 Å². The van der Waals surface area contributed by atoms with Gasteiger partial charge in [0, 0.05) is 6.42 Å². The van der Waals surface area contributed by atoms with Crippen molar-refractivity contribution < 1.29 is 39.6 Å². The molecule has 11 nitrogen and oxygen atoms in total. The van der Waals surface area contributed by atoms with Crippen molar-refractivity contribution >= 4 is 29.8 Å². The molecule has 0 aliphatic carbocycles. The predicted octanol–water partition coefficient (Wildman–Crippen LogP) is 0.407. The molecule has 0 saturated carbocycles. The highest BCUT2D eigenvalue weighted by atomic mass is 16.6. The first kappa shape index (κ1) is 25.2. The van der Waals surface area contributed by atoms with Crippen LogP contribution in [0.2, 0.25) is 1.41 Å². The molecule has 0 rings (SSSR count). The number of hydrogen-bond acceptors (Lipinski definition) is 8. The Kier molecular flexibility index (Phi) is 11.2. The molecule has 11 heteroatoms. The van der Waals surface area contributed by atoms with Crippen LogP contribution in [0.5, 0.6) is 0 Å². The Bertz CT molecular complexity index is 651. The van der Waals surface area contributed by atoms with Crippen molar-refractivity contribution in [2.75, 3.05) is 19.8 Å². The van der Waals surface area contributed by atoms with Crippen molar-refractivity contribution in [3.05, 3.63) is 0 Å². The second-order valence-electron chi connectivity index (χ2n) is 7.21. The number of esters is 2.